The summed E-state index contributed by atoms with van der Waals surface area (Å²) in [5.41, 5.74) is 0. The van der Waals surface area contributed by atoms with E-state index in [4.69, 9.17) is 18.9 Å². The summed E-state index contributed by atoms with van der Waals surface area (Å²) in [5, 5.41) is 0. The highest BCUT2D eigenvalue weighted by Crippen LogP contribution is 1.88. The molecule has 0 aromatic rings. The Balaban J connectivity index is 3.64. The zero-order chi connectivity index (χ0) is 15.1. The molecule has 0 bridgehead atoms. The second-order valence-electron chi connectivity index (χ2n) is 3.35. The van der Waals surface area contributed by atoms with Gasteiger partial charge in [-0.1, -0.05) is 12.2 Å². The van der Waals surface area contributed by atoms with Crippen molar-refractivity contribution < 1.29 is 28.5 Å². The molecule has 0 aliphatic heterocycles. The van der Waals surface area contributed by atoms with Crippen molar-refractivity contribution in [2.75, 3.05) is 26.4 Å². The number of carbonyl (C=O) groups is 2. The van der Waals surface area contributed by atoms with Crippen LogP contribution in [-0.2, 0) is 28.5 Å². The predicted molar refractivity (Wildman–Crippen MR) is 72.6 cm³/mol. The van der Waals surface area contributed by atoms with Gasteiger partial charge in [0.2, 0.25) is 0 Å². The Kier molecular flexibility index (Phi) is 11.7. The third-order valence-electron chi connectivity index (χ3n) is 1.71. The summed E-state index contributed by atoms with van der Waals surface area (Å²) in [6.45, 7) is 4.36. The van der Waals surface area contributed by atoms with Crippen LogP contribution in [0.3, 0.4) is 0 Å². The molecule has 0 aliphatic carbocycles. The van der Waals surface area contributed by atoms with Crippen LogP contribution in [0.25, 0.3) is 0 Å². The van der Waals surface area contributed by atoms with Crippen molar-refractivity contribution in [2.24, 2.45) is 0 Å². The maximum absolute atomic E-state index is 11.2. The van der Waals surface area contributed by atoms with E-state index in [0.717, 1.165) is 12.2 Å². The second-order valence-corrected chi connectivity index (χ2v) is 3.35. The van der Waals surface area contributed by atoms with Crippen molar-refractivity contribution in [2.45, 2.75) is 13.8 Å². The van der Waals surface area contributed by atoms with Gasteiger partial charge in [0.25, 0.3) is 0 Å². The van der Waals surface area contributed by atoms with Gasteiger partial charge in [-0.25, -0.2) is 9.59 Å². The molecule has 20 heavy (non-hydrogen) atoms. The van der Waals surface area contributed by atoms with E-state index in [1.165, 1.54) is 12.5 Å². The summed E-state index contributed by atoms with van der Waals surface area (Å²) in [6, 6.07) is 0. The zero-order valence-electron chi connectivity index (χ0n) is 11.7. The quantitative estimate of drug-likeness (QED) is 0.263. The summed E-state index contributed by atoms with van der Waals surface area (Å²) >= 11 is 0. The summed E-state index contributed by atoms with van der Waals surface area (Å²) in [5.74, 6) is -1.26. The normalized spacial score (nSPS) is 11.1. The van der Waals surface area contributed by atoms with Crippen molar-refractivity contribution >= 4 is 11.9 Å². The first-order chi connectivity index (χ1) is 9.70. The predicted octanol–water partition coefficient (Wildman–Crippen LogP) is 1.73. The van der Waals surface area contributed by atoms with Crippen LogP contribution in [0.5, 0.6) is 0 Å². The number of hydrogen-bond acceptors (Lipinski definition) is 6. The lowest BCUT2D eigenvalue weighted by atomic mass is 10.5. The molecule has 0 saturated heterocycles. The molecule has 0 spiro atoms. The maximum Gasteiger partial charge on any atom is 0.331 e. The molecule has 0 atom stereocenters. The van der Waals surface area contributed by atoms with Crippen LogP contribution in [0.15, 0.2) is 36.8 Å². The summed E-state index contributed by atoms with van der Waals surface area (Å²) < 4.78 is 19.4. The number of hydrogen-bond donors (Lipinski definition) is 0. The molecule has 0 radical (unpaired) electrons. The van der Waals surface area contributed by atoms with Gasteiger partial charge in [0.1, 0.15) is 26.4 Å². The largest absolute Gasteiger partial charge is 0.498 e. The van der Waals surface area contributed by atoms with Gasteiger partial charge in [-0.05, 0) is 13.8 Å². The SMILES string of the molecule is CC=COCCOC(=O)C=CC(=O)OCCO/C=C/C. The minimum Gasteiger partial charge on any atom is -0.498 e. The highest BCUT2D eigenvalue weighted by atomic mass is 16.6. The minimum absolute atomic E-state index is 0.111. The smallest absolute Gasteiger partial charge is 0.331 e. The van der Waals surface area contributed by atoms with Gasteiger partial charge in [0, 0.05) is 12.2 Å². The Bertz CT molecular complexity index is 323. The monoisotopic (exact) mass is 284 g/mol. The number of carbonyl (C=O) groups excluding carboxylic acids is 2. The molecule has 0 N–H and O–H groups in total. The molecule has 0 unspecified atom stereocenters. The lowest BCUT2D eigenvalue weighted by Gasteiger charge is -2.02. The van der Waals surface area contributed by atoms with Gasteiger partial charge in [-0.15, -0.1) is 0 Å². The molecule has 6 heteroatoms. The molecule has 0 fully saturated rings. The van der Waals surface area contributed by atoms with Gasteiger partial charge < -0.3 is 18.9 Å². The van der Waals surface area contributed by atoms with E-state index in [0.29, 0.717) is 0 Å². The number of esters is 2. The zero-order valence-corrected chi connectivity index (χ0v) is 11.7. The number of ether oxygens (including phenoxy) is 4. The van der Waals surface area contributed by atoms with Gasteiger partial charge in [0.15, 0.2) is 0 Å². The fourth-order valence-corrected chi connectivity index (χ4v) is 0.942. The van der Waals surface area contributed by atoms with E-state index < -0.39 is 11.9 Å². The average Bonchev–Trinajstić information content (AvgIpc) is 2.44. The molecule has 0 amide bonds. The van der Waals surface area contributed by atoms with E-state index in [1.54, 1.807) is 12.2 Å². The Morgan fingerprint density at radius 3 is 1.50 bits per heavy atom. The fourth-order valence-electron chi connectivity index (χ4n) is 0.942. The van der Waals surface area contributed by atoms with Crippen molar-refractivity contribution in [3.8, 4) is 0 Å². The van der Waals surface area contributed by atoms with Crippen LogP contribution in [0, 0.1) is 0 Å². The lowest BCUT2D eigenvalue weighted by Crippen LogP contribution is -2.09. The number of allylic oxidation sites excluding steroid dienone is 2. The Morgan fingerprint density at radius 2 is 1.15 bits per heavy atom. The van der Waals surface area contributed by atoms with Crippen molar-refractivity contribution in [3.05, 3.63) is 36.8 Å². The first-order valence-corrected chi connectivity index (χ1v) is 6.17. The summed E-state index contributed by atoms with van der Waals surface area (Å²) in [6.07, 6.45) is 8.44. The van der Waals surface area contributed by atoms with Gasteiger partial charge in [-0.2, -0.15) is 0 Å². The van der Waals surface area contributed by atoms with E-state index in [1.807, 2.05) is 13.8 Å². The molecule has 0 saturated carbocycles. The van der Waals surface area contributed by atoms with Crippen molar-refractivity contribution in [3.63, 3.8) is 0 Å². The third-order valence-corrected chi connectivity index (χ3v) is 1.71. The Labute approximate surface area is 118 Å². The topological polar surface area (TPSA) is 71.1 Å². The Hall–Kier alpha value is -2.24. The highest BCUT2D eigenvalue weighted by molar-refractivity contribution is 5.91. The van der Waals surface area contributed by atoms with Crippen LogP contribution in [-0.4, -0.2) is 38.4 Å². The van der Waals surface area contributed by atoms with Crippen LogP contribution < -0.4 is 0 Å². The van der Waals surface area contributed by atoms with E-state index in [-0.39, 0.29) is 26.4 Å². The average molecular weight is 284 g/mol. The molecule has 6 nitrogen and oxygen atoms in total. The molecule has 0 aliphatic rings. The van der Waals surface area contributed by atoms with Gasteiger partial charge >= 0.3 is 11.9 Å². The fraction of sp³-hybridized carbons (Fsp3) is 0.429. The van der Waals surface area contributed by atoms with Crippen molar-refractivity contribution in [1.82, 2.24) is 0 Å². The molecular weight excluding hydrogens is 264 g/mol. The molecule has 0 aromatic carbocycles. The van der Waals surface area contributed by atoms with Gasteiger partial charge in [-0.3, -0.25) is 0 Å². The summed E-state index contributed by atoms with van der Waals surface area (Å²) in [4.78, 5) is 22.3. The van der Waals surface area contributed by atoms with Crippen LogP contribution in [0.2, 0.25) is 0 Å². The molecule has 0 heterocycles. The molecule has 0 rings (SSSR count). The standard InChI is InChI=1S/C14H20O6/c1-3-7-17-9-11-19-13(15)5-6-14(16)20-12-10-18-8-4-2/h3-8H,9-12H2,1-2H3/b6-5?,7-3+,8-4?. The van der Waals surface area contributed by atoms with E-state index in [2.05, 4.69) is 0 Å². The third kappa shape index (κ3) is 12.2. The molecular formula is C14H20O6. The van der Waals surface area contributed by atoms with Gasteiger partial charge in [0.05, 0.1) is 12.5 Å². The minimum atomic E-state index is -0.629. The Morgan fingerprint density at radius 1 is 0.750 bits per heavy atom. The lowest BCUT2D eigenvalue weighted by molar-refractivity contribution is -0.141. The second kappa shape index (κ2) is 13.2. The van der Waals surface area contributed by atoms with Crippen molar-refractivity contribution in [1.29, 1.82) is 0 Å². The number of rotatable bonds is 10. The van der Waals surface area contributed by atoms with E-state index in [9.17, 15) is 9.59 Å². The first-order valence-electron chi connectivity index (χ1n) is 6.17. The van der Waals surface area contributed by atoms with Crippen LogP contribution in [0.1, 0.15) is 13.8 Å². The molecule has 112 valence electrons. The molecule has 0 aromatic heterocycles. The first kappa shape index (κ1) is 17.8. The van der Waals surface area contributed by atoms with Crippen LogP contribution in [0.4, 0.5) is 0 Å². The maximum atomic E-state index is 11.2. The summed E-state index contributed by atoms with van der Waals surface area (Å²) in [7, 11) is 0. The highest BCUT2D eigenvalue weighted by Gasteiger charge is 2.00. The van der Waals surface area contributed by atoms with Crippen LogP contribution >= 0.6 is 0 Å². The van der Waals surface area contributed by atoms with E-state index >= 15 is 0 Å².